The number of benzene rings is 2. The van der Waals surface area contributed by atoms with Crippen molar-refractivity contribution in [1.29, 1.82) is 0 Å². The van der Waals surface area contributed by atoms with Crippen LogP contribution in [0.15, 0.2) is 42.5 Å². The monoisotopic (exact) mass is 583 g/mol. The molecule has 1 N–H and O–H groups in total. The second-order valence-electron chi connectivity index (χ2n) is 10.6. The Balaban J connectivity index is 2.47. The number of amides is 2. The van der Waals surface area contributed by atoms with Gasteiger partial charge in [-0.15, -0.1) is 0 Å². The molecular formula is C28H39Cl2N3O4S. The highest BCUT2D eigenvalue weighted by molar-refractivity contribution is 7.92. The number of nitrogens with zero attached hydrogens (tertiary/aromatic N) is 2. The Morgan fingerprint density at radius 1 is 0.974 bits per heavy atom. The molecule has 2 amide bonds. The number of hydrogen-bond donors (Lipinski definition) is 1. The van der Waals surface area contributed by atoms with E-state index in [0.29, 0.717) is 27.7 Å². The smallest absolute Gasteiger partial charge is 0.244 e. The highest BCUT2D eigenvalue weighted by Gasteiger charge is 2.32. The van der Waals surface area contributed by atoms with E-state index in [1.807, 2.05) is 32.9 Å². The summed E-state index contributed by atoms with van der Waals surface area (Å²) in [5.74, 6) is -0.803. The molecule has 0 fully saturated rings. The molecule has 10 heteroatoms. The van der Waals surface area contributed by atoms with Crippen molar-refractivity contribution in [3.8, 4) is 0 Å². The molecule has 0 aliphatic carbocycles. The Labute approximate surface area is 237 Å². The summed E-state index contributed by atoms with van der Waals surface area (Å²) in [6.45, 7) is 11.5. The van der Waals surface area contributed by atoms with Crippen molar-refractivity contribution in [2.24, 2.45) is 0 Å². The summed E-state index contributed by atoms with van der Waals surface area (Å²) in [5.41, 5.74) is 1.97. The standard InChI is InChI=1S/C28H39Cl2N3O4S/c1-8-19(3)31-27(35)25(9-2)32(17-20-10-15-23(29)24(30)16-20)26(34)18-33(38(7,36)37)22-13-11-21(12-14-22)28(4,5)6/h10-16,19,25H,8-9,17-18H2,1-7H3,(H,31,35)/t19-,25+/m1/s1. The number of sulfonamides is 1. The molecule has 0 spiro atoms. The lowest BCUT2D eigenvalue weighted by Gasteiger charge is -2.33. The van der Waals surface area contributed by atoms with E-state index in [1.165, 1.54) is 4.90 Å². The van der Waals surface area contributed by atoms with Gasteiger partial charge in [0.05, 0.1) is 22.0 Å². The van der Waals surface area contributed by atoms with E-state index in [9.17, 15) is 18.0 Å². The lowest BCUT2D eigenvalue weighted by Crippen LogP contribution is -2.53. The maximum atomic E-state index is 13.8. The number of carbonyl (C=O) groups is 2. The van der Waals surface area contributed by atoms with Gasteiger partial charge in [-0.25, -0.2) is 8.42 Å². The zero-order valence-corrected chi connectivity index (χ0v) is 25.5. The molecule has 0 aromatic heterocycles. The van der Waals surface area contributed by atoms with E-state index >= 15 is 0 Å². The SMILES string of the molecule is CC[C@@H](C)NC(=O)[C@H](CC)N(Cc1ccc(Cl)c(Cl)c1)C(=O)CN(c1ccc(C(C)(C)C)cc1)S(C)(=O)=O. The predicted octanol–water partition coefficient (Wildman–Crippen LogP) is 5.78. The van der Waals surface area contributed by atoms with E-state index in [2.05, 4.69) is 26.1 Å². The molecule has 0 saturated heterocycles. The number of nitrogens with one attached hydrogen (secondary N) is 1. The summed E-state index contributed by atoms with van der Waals surface area (Å²) < 4.78 is 26.7. The van der Waals surface area contributed by atoms with Crippen molar-refractivity contribution >= 4 is 50.7 Å². The van der Waals surface area contributed by atoms with Gasteiger partial charge in [-0.05, 0) is 60.6 Å². The van der Waals surface area contributed by atoms with Crippen LogP contribution in [0.4, 0.5) is 5.69 Å². The van der Waals surface area contributed by atoms with Crippen LogP contribution in [-0.4, -0.2) is 50.0 Å². The molecule has 0 heterocycles. The van der Waals surface area contributed by atoms with Gasteiger partial charge in [0, 0.05) is 12.6 Å². The molecule has 0 radical (unpaired) electrons. The van der Waals surface area contributed by atoms with Crippen LogP contribution in [0.5, 0.6) is 0 Å². The molecular weight excluding hydrogens is 545 g/mol. The van der Waals surface area contributed by atoms with E-state index in [1.54, 1.807) is 30.3 Å². The Bertz CT molecular complexity index is 1230. The molecule has 7 nitrogen and oxygen atoms in total. The maximum absolute atomic E-state index is 13.8. The largest absolute Gasteiger partial charge is 0.352 e. The first-order valence-corrected chi connectivity index (χ1v) is 15.3. The fraction of sp³-hybridized carbons (Fsp3) is 0.500. The van der Waals surface area contributed by atoms with E-state index in [4.69, 9.17) is 23.2 Å². The molecule has 38 heavy (non-hydrogen) atoms. The maximum Gasteiger partial charge on any atom is 0.244 e. The van der Waals surface area contributed by atoms with Gasteiger partial charge in [0.2, 0.25) is 21.8 Å². The van der Waals surface area contributed by atoms with Crippen LogP contribution >= 0.6 is 23.2 Å². The average molecular weight is 585 g/mol. The summed E-state index contributed by atoms with van der Waals surface area (Å²) in [6, 6.07) is 11.2. The van der Waals surface area contributed by atoms with Crippen molar-refractivity contribution in [2.45, 2.75) is 78.4 Å². The Kier molecular flexibility index (Phi) is 11.1. The molecule has 0 aliphatic rings. The van der Waals surface area contributed by atoms with E-state index in [-0.39, 0.29) is 23.9 Å². The van der Waals surface area contributed by atoms with Gasteiger partial charge in [-0.2, -0.15) is 0 Å². The van der Waals surface area contributed by atoms with Gasteiger partial charge in [-0.3, -0.25) is 13.9 Å². The fourth-order valence-corrected chi connectivity index (χ4v) is 5.11. The van der Waals surface area contributed by atoms with Gasteiger partial charge in [0.15, 0.2) is 0 Å². The van der Waals surface area contributed by atoms with Gasteiger partial charge < -0.3 is 10.2 Å². The molecule has 2 aromatic carbocycles. The quantitative estimate of drug-likeness (QED) is 0.363. The molecule has 0 aliphatic heterocycles. The minimum absolute atomic E-state index is 0.0583. The van der Waals surface area contributed by atoms with Crippen molar-refractivity contribution in [3.63, 3.8) is 0 Å². The topological polar surface area (TPSA) is 86.8 Å². The number of hydrogen-bond acceptors (Lipinski definition) is 4. The van der Waals surface area contributed by atoms with Gasteiger partial charge >= 0.3 is 0 Å². The second-order valence-corrected chi connectivity index (χ2v) is 13.3. The third-order valence-electron chi connectivity index (χ3n) is 6.42. The average Bonchev–Trinajstić information content (AvgIpc) is 2.83. The number of anilines is 1. The van der Waals surface area contributed by atoms with Crippen molar-refractivity contribution < 1.29 is 18.0 Å². The van der Waals surface area contributed by atoms with Crippen LogP contribution in [0.3, 0.4) is 0 Å². The van der Waals surface area contributed by atoms with E-state index in [0.717, 1.165) is 22.5 Å². The Hall–Kier alpha value is -2.29. The van der Waals surface area contributed by atoms with Gasteiger partial charge in [0.25, 0.3) is 0 Å². The normalized spacial score (nSPS) is 13.5. The molecule has 2 rings (SSSR count). The third-order valence-corrected chi connectivity index (χ3v) is 8.30. The second kappa shape index (κ2) is 13.2. The zero-order chi connectivity index (χ0) is 28.8. The number of halogens is 2. The first-order chi connectivity index (χ1) is 17.6. The summed E-state index contributed by atoms with van der Waals surface area (Å²) in [4.78, 5) is 28.4. The molecule has 2 atom stereocenters. The van der Waals surface area contributed by atoms with Crippen LogP contribution < -0.4 is 9.62 Å². The predicted molar refractivity (Wildman–Crippen MR) is 156 cm³/mol. The van der Waals surface area contributed by atoms with Gasteiger partial charge in [-0.1, -0.05) is 76.0 Å². The zero-order valence-electron chi connectivity index (χ0n) is 23.2. The van der Waals surface area contributed by atoms with Crippen LogP contribution in [0.1, 0.15) is 65.5 Å². The van der Waals surface area contributed by atoms with Crippen LogP contribution in [0, 0.1) is 0 Å². The van der Waals surface area contributed by atoms with Crippen LogP contribution in [-0.2, 0) is 31.6 Å². The van der Waals surface area contributed by atoms with E-state index < -0.39 is 28.5 Å². The van der Waals surface area contributed by atoms with Crippen molar-refractivity contribution in [2.75, 3.05) is 17.1 Å². The summed E-state index contributed by atoms with van der Waals surface area (Å²) in [5, 5.41) is 3.64. The lowest BCUT2D eigenvalue weighted by molar-refractivity contribution is -0.140. The van der Waals surface area contributed by atoms with Crippen molar-refractivity contribution in [3.05, 3.63) is 63.6 Å². The molecule has 0 saturated carbocycles. The van der Waals surface area contributed by atoms with Crippen LogP contribution in [0.25, 0.3) is 0 Å². The number of rotatable bonds is 11. The molecule has 2 aromatic rings. The minimum atomic E-state index is -3.81. The fourth-order valence-electron chi connectivity index (χ4n) is 3.94. The minimum Gasteiger partial charge on any atom is -0.352 e. The highest BCUT2D eigenvalue weighted by atomic mass is 35.5. The van der Waals surface area contributed by atoms with Crippen molar-refractivity contribution in [1.82, 2.24) is 10.2 Å². The van der Waals surface area contributed by atoms with Crippen LogP contribution in [0.2, 0.25) is 10.0 Å². The molecule has 0 unspecified atom stereocenters. The Morgan fingerprint density at radius 3 is 2.05 bits per heavy atom. The molecule has 210 valence electrons. The summed E-state index contributed by atoms with van der Waals surface area (Å²) in [7, 11) is -3.81. The summed E-state index contributed by atoms with van der Waals surface area (Å²) >= 11 is 12.3. The first kappa shape index (κ1) is 31.9. The van der Waals surface area contributed by atoms with Gasteiger partial charge in [0.1, 0.15) is 12.6 Å². The number of carbonyl (C=O) groups excluding carboxylic acids is 2. The highest BCUT2D eigenvalue weighted by Crippen LogP contribution is 2.27. The molecule has 0 bridgehead atoms. The lowest BCUT2D eigenvalue weighted by atomic mass is 9.87. The summed E-state index contributed by atoms with van der Waals surface area (Å²) in [6.07, 6.45) is 2.14. The third kappa shape index (κ3) is 8.61. The Morgan fingerprint density at radius 2 is 1.58 bits per heavy atom. The first-order valence-electron chi connectivity index (χ1n) is 12.7.